The second-order valence-corrected chi connectivity index (χ2v) is 7.67. The van der Waals surface area contributed by atoms with Crippen LogP contribution < -0.4 is 5.32 Å². The molecule has 0 aliphatic heterocycles. The zero-order chi connectivity index (χ0) is 16.8. The second kappa shape index (κ2) is 5.97. The Balaban J connectivity index is 1.77. The van der Waals surface area contributed by atoms with Crippen LogP contribution in [0.15, 0.2) is 34.1 Å². The average Bonchev–Trinajstić information content (AvgIpc) is 3.17. The van der Waals surface area contributed by atoms with Gasteiger partial charge in [-0.3, -0.25) is 4.79 Å². The summed E-state index contributed by atoms with van der Waals surface area (Å²) in [5.41, 5.74) is 2.03. The summed E-state index contributed by atoms with van der Waals surface area (Å²) in [4.78, 5) is 12.5. The van der Waals surface area contributed by atoms with Crippen LogP contribution in [-0.2, 0) is 6.54 Å². The van der Waals surface area contributed by atoms with Crippen LogP contribution in [0.3, 0.4) is 0 Å². The zero-order valence-electron chi connectivity index (χ0n) is 12.5. The predicted octanol–water partition coefficient (Wildman–Crippen LogP) is 4.68. The molecule has 3 aromatic rings. The summed E-state index contributed by atoms with van der Waals surface area (Å²) < 4.78 is 30.4. The molecule has 4 rings (SSSR count). The van der Waals surface area contributed by atoms with Crippen molar-refractivity contribution in [3.05, 3.63) is 57.0 Å². The van der Waals surface area contributed by atoms with Crippen molar-refractivity contribution in [2.75, 3.05) is 0 Å². The molecular formula is C17H13BrF2N2OS. The summed E-state index contributed by atoms with van der Waals surface area (Å²) >= 11 is 5.04. The molecule has 2 heterocycles. The lowest BCUT2D eigenvalue weighted by molar-refractivity contribution is 0.0942. The normalized spacial score (nSPS) is 14.3. The van der Waals surface area contributed by atoms with Crippen molar-refractivity contribution in [2.45, 2.75) is 25.4 Å². The molecule has 1 N–H and O–H groups in total. The van der Waals surface area contributed by atoms with Crippen LogP contribution in [0.4, 0.5) is 8.78 Å². The van der Waals surface area contributed by atoms with Crippen LogP contribution in [0.2, 0.25) is 0 Å². The van der Waals surface area contributed by atoms with Gasteiger partial charge in [0.15, 0.2) is 11.6 Å². The van der Waals surface area contributed by atoms with Gasteiger partial charge < -0.3 is 9.88 Å². The van der Waals surface area contributed by atoms with Gasteiger partial charge in [0.1, 0.15) is 5.69 Å². The lowest BCUT2D eigenvalue weighted by atomic mass is 10.2. The van der Waals surface area contributed by atoms with Gasteiger partial charge in [-0.2, -0.15) is 0 Å². The summed E-state index contributed by atoms with van der Waals surface area (Å²) in [5, 5.41) is 4.94. The van der Waals surface area contributed by atoms with Crippen molar-refractivity contribution >= 4 is 43.4 Å². The number of thiophene rings is 1. The van der Waals surface area contributed by atoms with Crippen molar-refractivity contribution in [3.63, 3.8) is 0 Å². The number of benzene rings is 1. The maximum atomic E-state index is 13.5. The van der Waals surface area contributed by atoms with Crippen molar-refractivity contribution in [3.8, 4) is 0 Å². The van der Waals surface area contributed by atoms with Crippen LogP contribution in [0.5, 0.6) is 0 Å². The van der Waals surface area contributed by atoms with Gasteiger partial charge in [-0.05, 0) is 52.5 Å². The standard InChI is InChI=1S/C17H13BrF2N2OS/c18-11-8-24-15-6-14(17(23)21-10-2-3-10)22(16(11)15)7-9-1-4-12(19)13(20)5-9/h1,4-6,8,10H,2-3,7H2,(H,21,23). The fourth-order valence-electron chi connectivity index (χ4n) is 2.69. The molecule has 2 aromatic heterocycles. The van der Waals surface area contributed by atoms with Gasteiger partial charge in [-0.15, -0.1) is 11.3 Å². The molecule has 1 aromatic carbocycles. The second-order valence-electron chi connectivity index (χ2n) is 5.91. The molecule has 1 aliphatic rings. The summed E-state index contributed by atoms with van der Waals surface area (Å²) in [6.45, 7) is 0.295. The lowest BCUT2D eigenvalue weighted by Gasteiger charge is -2.11. The summed E-state index contributed by atoms with van der Waals surface area (Å²) in [7, 11) is 0. The van der Waals surface area contributed by atoms with Gasteiger partial charge in [0, 0.05) is 18.0 Å². The van der Waals surface area contributed by atoms with E-state index in [4.69, 9.17) is 0 Å². The minimum Gasteiger partial charge on any atom is -0.348 e. The van der Waals surface area contributed by atoms with E-state index in [1.165, 1.54) is 23.5 Å². The number of carbonyl (C=O) groups is 1. The molecular weight excluding hydrogens is 398 g/mol. The predicted molar refractivity (Wildman–Crippen MR) is 93.5 cm³/mol. The van der Waals surface area contributed by atoms with Crippen LogP contribution >= 0.6 is 27.3 Å². The Labute approximate surface area is 149 Å². The highest BCUT2D eigenvalue weighted by Crippen LogP contribution is 2.34. The lowest BCUT2D eigenvalue weighted by Crippen LogP contribution is -2.27. The number of hydrogen-bond acceptors (Lipinski definition) is 2. The van der Waals surface area contributed by atoms with E-state index in [0.717, 1.165) is 33.6 Å². The number of halogens is 3. The van der Waals surface area contributed by atoms with Crippen LogP contribution in [0, 0.1) is 11.6 Å². The molecule has 0 unspecified atom stereocenters. The van der Waals surface area contributed by atoms with E-state index in [2.05, 4.69) is 21.2 Å². The molecule has 3 nitrogen and oxygen atoms in total. The van der Waals surface area contributed by atoms with Crippen LogP contribution in [-0.4, -0.2) is 16.5 Å². The third-order valence-corrected chi connectivity index (χ3v) is 5.87. The van der Waals surface area contributed by atoms with Gasteiger partial charge in [-0.25, -0.2) is 8.78 Å². The zero-order valence-corrected chi connectivity index (χ0v) is 14.9. The van der Waals surface area contributed by atoms with Crippen LogP contribution in [0.1, 0.15) is 28.9 Å². The number of nitrogens with zero attached hydrogens (tertiary/aromatic N) is 1. The number of rotatable bonds is 4. The fourth-order valence-corrected chi connectivity index (χ4v) is 4.38. The number of carbonyl (C=O) groups excluding carboxylic acids is 1. The van der Waals surface area contributed by atoms with E-state index in [1.807, 2.05) is 16.0 Å². The molecule has 0 saturated heterocycles. The molecule has 0 radical (unpaired) electrons. The highest BCUT2D eigenvalue weighted by Gasteiger charge is 2.26. The highest BCUT2D eigenvalue weighted by molar-refractivity contribution is 9.10. The van der Waals surface area contributed by atoms with Gasteiger partial charge in [-0.1, -0.05) is 6.07 Å². The Morgan fingerprint density at radius 3 is 2.79 bits per heavy atom. The van der Waals surface area contributed by atoms with Crippen molar-refractivity contribution in [1.82, 2.24) is 9.88 Å². The molecule has 0 spiro atoms. The van der Waals surface area contributed by atoms with E-state index in [-0.39, 0.29) is 11.9 Å². The van der Waals surface area contributed by atoms with Crippen molar-refractivity contribution in [1.29, 1.82) is 0 Å². The van der Waals surface area contributed by atoms with E-state index < -0.39 is 11.6 Å². The number of nitrogens with one attached hydrogen (secondary N) is 1. The molecule has 7 heteroatoms. The molecule has 24 heavy (non-hydrogen) atoms. The van der Waals surface area contributed by atoms with Gasteiger partial charge in [0.05, 0.1) is 14.7 Å². The Hall–Kier alpha value is -1.73. The van der Waals surface area contributed by atoms with Crippen LogP contribution in [0.25, 0.3) is 10.2 Å². The first-order chi connectivity index (χ1) is 11.5. The van der Waals surface area contributed by atoms with E-state index in [9.17, 15) is 13.6 Å². The summed E-state index contributed by atoms with van der Waals surface area (Å²) in [5.74, 6) is -1.89. The third-order valence-electron chi connectivity index (χ3n) is 4.05. The van der Waals surface area contributed by atoms with Crippen molar-refractivity contribution < 1.29 is 13.6 Å². The highest BCUT2D eigenvalue weighted by atomic mass is 79.9. The first-order valence-electron chi connectivity index (χ1n) is 7.54. The average molecular weight is 411 g/mol. The Bertz CT molecular complexity index is 946. The van der Waals surface area contributed by atoms with Gasteiger partial charge in [0.2, 0.25) is 0 Å². The smallest absolute Gasteiger partial charge is 0.268 e. The largest absolute Gasteiger partial charge is 0.348 e. The monoisotopic (exact) mass is 410 g/mol. The van der Waals surface area contributed by atoms with Gasteiger partial charge >= 0.3 is 0 Å². The maximum Gasteiger partial charge on any atom is 0.268 e. The third kappa shape index (κ3) is 2.86. The SMILES string of the molecule is O=C(NC1CC1)c1cc2scc(Br)c2n1Cc1ccc(F)c(F)c1. The van der Waals surface area contributed by atoms with E-state index >= 15 is 0 Å². The Kier molecular flexibility index (Phi) is 3.92. The van der Waals surface area contributed by atoms with Gasteiger partial charge in [0.25, 0.3) is 5.91 Å². The Morgan fingerprint density at radius 2 is 2.08 bits per heavy atom. The first-order valence-corrected chi connectivity index (χ1v) is 9.21. The molecule has 0 bridgehead atoms. The number of amides is 1. The maximum absolute atomic E-state index is 13.5. The molecule has 1 amide bonds. The molecule has 124 valence electrons. The minimum absolute atomic E-state index is 0.129. The molecule has 1 aliphatic carbocycles. The topological polar surface area (TPSA) is 34.0 Å². The number of aromatic nitrogens is 1. The van der Waals surface area contributed by atoms with E-state index in [1.54, 1.807) is 0 Å². The fraction of sp³-hybridized carbons (Fsp3) is 0.235. The minimum atomic E-state index is -0.885. The summed E-state index contributed by atoms with van der Waals surface area (Å²) in [6, 6.07) is 5.92. The quantitative estimate of drug-likeness (QED) is 0.665. The van der Waals surface area contributed by atoms with E-state index in [0.29, 0.717) is 17.8 Å². The van der Waals surface area contributed by atoms with Crippen molar-refractivity contribution in [2.24, 2.45) is 0 Å². The summed E-state index contributed by atoms with van der Waals surface area (Å²) in [6.07, 6.45) is 2.02. The molecule has 1 saturated carbocycles. The number of hydrogen-bond donors (Lipinski definition) is 1. The molecule has 1 fully saturated rings. The molecule has 0 atom stereocenters. The first kappa shape index (κ1) is 15.8. The Morgan fingerprint density at radius 1 is 1.29 bits per heavy atom. The number of fused-ring (bicyclic) bond motifs is 1.